The Morgan fingerprint density at radius 2 is 2.14 bits per heavy atom. The number of pyridine rings is 1. The smallest absolute Gasteiger partial charge is 0.0834 e. The van der Waals surface area contributed by atoms with Crippen LogP contribution >= 0.6 is 11.6 Å². The molecule has 114 valence electrons. The van der Waals surface area contributed by atoms with Gasteiger partial charge in [0.25, 0.3) is 0 Å². The van der Waals surface area contributed by atoms with Gasteiger partial charge in [-0.2, -0.15) is 5.10 Å². The first kappa shape index (κ1) is 15.9. The Labute approximate surface area is 130 Å². The molecule has 21 heavy (non-hydrogen) atoms. The maximum atomic E-state index is 6.30. The quantitative estimate of drug-likeness (QED) is 0.814. The highest BCUT2D eigenvalue weighted by Gasteiger charge is 2.18. The fourth-order valence-corrected chi connectivity index (χ4v) is 2.63. The van der Waals surface area contributed by atoms with Crippen molar-refractivity contribution >= 4 is 11.6 Å². The average Bonchev–Trinajstić information content (AvgIpc) is 2.88. The molecule has 2 heterocycles. The largest absolute Gasteiger partial charge is 0.383 e. The van der Waals surface area contributed by atoms with Gasteiger partial charge < -0.3 is 10.1 Å². The second-order valence-electron chi connectivity index (χ2n) is 4.83. The van der Waals surface area contributed by atoms with Gasteiger partial charge in [0.15, 0.2) is 0 Å². The van der Waals surface area contributed by atoms with E-state index in [1.807, 2.05) is 36.3 Å². The normalized spacial score (nSPS) is 12.5. The second-order valence-corrected chi connectivity index (χ2v) is 5.24. The maximum absolute atomic E-state index is 6.30. The van der Waals surface area contributed by atoms with Crippen LogP contribution in [0.5, 0.6) is 0 Å². The Bertz CT molecular complexity index is 544. The van der Waals surface area contributed by atoms with Crippen molar-refractivity contribution in [3.05, 3.63) is 47.0 Å². The van der Waals surface area contributed by atoms with Crippen molar-refractivity contribution in [2.45, 2.75) is 25.4 Å². The summed E-state index contributed by atoms with van der Waals surface area (Å²) in [4.78, 5) is 4.04. The monoisotopic (exact) mass is 308 g/mol. The summed E-state index contributed by atoms with van der Waals surface area (Å²) in [6, 6.07) is 4.23. The summed E-state index contributed by atoms with van der Waals surface area (Å²) in [6.07, 6.45) is 7.24. The van der Waals surface area contributed by atoms with Crippen molar-refractivity contribution < 1.29 is 4.74 Å². The molecule has 0 aliphatic carbocycles. The summed E-state index contributed by atoms with van der Waals surface area (Å²) >= 11 is 6.30. The molecule has 0 fully saturated rings. The first-order valence-corrected chi connectivity index (χ1v) is 7.40. The number of methoxy groups -OCH3 is 1. The van der Waals surface area contributed by atoms with Gasteiger partial charge in [-0.05, 0) is 37.6 Å². The molecule has 0 amide bonds. The minimum atomic E-state index is 0.157. The fourth-order valence-electron chi connectivity index (χ4n) is 2.35. The van der Waals surface area contributed by atoms with Crippen LogP contribution in [0.1, 0.15) is 23.7 Å². The molecule has 2 aromatic rings. The van der Waals surface area contributed by atoms with Crippen LogP contribution in [0, 0.1) is 0 Å². The third kappa shape index (κ3) is 4.27. The summed E-state index contributed by atoms with van der Waals surface area (Å²) < 4.78 is 7.04. The van der Waals surface area contributed by atoms with Gasteiger partial charge in [-0.1, -0.05) is 11.6 Å². The molecule has 0 saturated heterocycles. The van der Waals surface area contributed by atoms with Crippen LogP contribution in [0.25, 0.3) is 0 Å². The number of ether oxygens (including phenoxy) is 1. The Morgan fingerprint density at radius 1 is 1.38 bits per heavy atom. The zero-order chi connectivity index (χ0) is 15.1. The van der Waals surface area contributed by atoms with Crippen LogP contribution in [-0.4, -0.2) is 35.5 Å². The van der Waals surface area contributed by atoms with E-state index in [4.69, 9.17) is 16.3 Å². The van der Waals surface area contributed by atoms with Crippen molar-refractivity contribution in [1.82, 2.24) is 20.1 Å². The molecule has 1 atom stereocenters. The number of aromatic nitrogens is 3. The van der Waals surface area contributed by atoms with Crippen molar-refractivity contribution in [2.75, 3.05) is 20.8 Å². The van der Waals surface area contributed by atoms with E-state index >= 15 is 0 Å². The SMILES string of the molecule is CNC(CCc1ccncc1)c1c(Cl)cnn1CCOC. The zero-order valence-electron chi connectivity index (χ0n) is 12.4. The molecule has 1 unspecified atom stereocenters. The van der Waals surface area contributed by atoms with Crippen molar-refractivity contribution in [2.24, 2.45) is 0 Å². The Balaban J connectivity index is 2.08. The van der Waals surface area contributed by atoms with Gasteiger partial charge in [0.2, 0.25) is 0 Å². The van der Waals surface area contributed by atoms with Crippen LogP contribution in [0.3, 0.4) is 0 Å². The lowest BCUT2D eigenvalue weighted by atomic mass is 10.0. The first-order chi connectivity index (χ1) is 10.3. The van der Waals surface area contributed by atoms with Gasteiger partial charge >= 0.3 is 0 Å². The molecule has 0 saturated carbocycles. The molecule has 0 radical (unpaired) electrons. The van der Waals surface area contributed by atoms with Crippen LogP contribution in [0.2, 0.25) is 5.02 Å². The maximum Gasteiger partial charge on any atom is 0.0834 e. The summed E-state index contributed by atoms with van der Waals surface area (Å²) in [6.45, 7) is 1.32. The Hall–Kier alpha value is -1.43. The van der Waals surface area contributed by atoms with Crippen LogP contribution in [-0.2, 0) is 17.7 Å². The third-order valence-corrected chi connectivity index (χ3v) is 3.78. The number of aryl methyl sites for hydroxylation is 1. The van der Waals surface area contributed by atoms with E-state index < -0.39 is 0 Å². The molecular weight excluding hydrogens is 288 g/mol. The highest BCUT2D eigenvalue weighted by molar-refractivity contribution is 6.31. The van der Waals surface area contributed by atoms with Crippen LogP contribution < -0.4 is 5.32 Å². The highest BCUT2D eigenvalue weighted by Crippen LogP contribution is 2.26. The van der Waals surface area contributed by atoms with E-state index in [0.717, 1.165) is 18.5 Å². The topological polar surface area (TPSA) is 52.0 Å². The van der Waals surface area contributed by atoms with Crippen molar-refractivity contribution in [3.63, 3.8) is 0 Å². The zero-order valence-corrected chi connectivity index (χ0v) is 13.2. The molecule has 1 N–H and O–H groups in total. The molecule has 0 spiro atoms. The number of halogens is 1. The summed E-state index contributed by atoms with van der Waals surface area (Å²) in [5, 5.41) is 8.36. The minimum absolute atomic E-state index is 0.157. The molecule has 0 aromatic carbocycles. The predicted molar refractivity (Wildman–Crippen MR) is 83.5 cm³/mol. The Kier molecular flexibility index (Phi) is 6.17. The summed E-state index contributed by atoms with van der Waals surface area (Å²) in [5.41, 5.74) is 2.29. The second kappa shape index (κ2) is 8.12. The number of hydrogen-bond donors (Lipinski definition) is 1. The first-order valence-electron chi connectivity index (χ1n) is 7.02. The van der Waals surface area contributed by atoms with Gasteiger partial charge in [0.1, 0.15) is 0 Å². The van der Waals surface area contributed by atoms with Gasteiger partial charge in [-0.25, -0.2) is 0 Å². The molecule has 2 rings (SSSR count). The summed E-state index contributed by atoms with van der Waals surface area (Å²) in [7, 11) is 3.63. The van der Waals surface area contributed by atoms with E-state index in [-0.39, 0.29) is 6.04 Å². The van der Waals surface area contributed by atoms with E-state index in [1.165, 1.54) is 5.56 Å². The molecule has 6 heteroatoms. The standard InChI is InChI=1S/C15H21ClN4O/c1-17-14(4-3-12-5-7-18-8-6-12)15-13(16)11-19-20(15)9-10-21-2/h5-8,11,14,17H,3-4,9-10H2,1-2H3. The molecular formula is C15H21ClN4O. The Morgan fingerprint density at radius 3 is 2.81 bits per heavy atom. The molecule has 0 aliphatic heterocycles. The van der Waals surface area contributed by atoms with E-state index in [2.05, 4.69) is 15.4 Å². The lowest BCUT2D eigenvalue weighted by Gasteiger charge is -2.18. The number of nitrogens with one attached hydrogen (secondary N) is 1. The van der Waals surface area contributed by atoms with E-state index in [0.29, 0.717) is 18.2 Å². The van der Waals surface area contributed by atoms with E-state index in [9.17, 15) is 0 Å². The molecule has 0 bridgehead atoms. The summed E-state index contributed by atoms with van der Waals surface area (Å²) in [5.74, 6) is 0. The van der Waals surface area contributed by atoms with Crippen LogP contribution in [0.15, 0.2) is 30.7 Å². The van der Waals surface area contributed by atoms with Gasteiger partial charge in [-0.3, -0.25) is 9.67 Å². The van der Waals surface area contributed by atoms with Gasteiger partial charge in [0, 0.05) is 19.5 Å². The van der Waals surface area contributed by atoms with Crippen molar-refractivity contribution in [3.8, 4) is 0 Å². The highest BCUT2D eigenvalue weighted by atomic mass is 35.5. The average molecular weight is 309 g/mol. The fraction of sp³-hybridized carbons (Fsp3) is 0.467. The van der Waals surface area contributed by atoms with Gasteiger partial charge in [0.05, 0.1) is 36.1 Å². The predicted octanol–water partition coefficient (Wildman–Crippen LogP) is 2.47. The third-order valence-electron chi connectivity index (χ3n) is 3.49. The lowest BCUT2D eigenvalue weighted by molar-refractivity contribution is 0.181. The number of hydrogen-bond acceptors (Lipinski definition) is 4. The van der Waals surface area contributed by atoms with Crippen LogP contribution in [0.4, 0.5) is 0 Å². The van der Waals surface area contributed by atoms with Crippen molar-refractivity contribution in [1.29, 1.82) is 0 Å². The lowest BCUT2D eigenvalue weighted by Crippen LogP contribution is -2.22. The molecule has 0 aliphatic rings. The minimum Gasteiger partial charge on any atom is -0.383 e. The van der Waals surface area contributed by atoms with E-state index in [1.54, 1.807) is 13.3 Å². The number of nitrogens with zero attached hydrogens (tertiary/aromatic N) is 3. The number of rotatable bonds is 8. The molecule has 5 nitrogen and oxygen atoms in total. The van der Waals surface area contributed by atoms with Gasteiger partial charge in [-0.15, -0.1) is 0 Å². The molecule has 2 aromatic heterocycles.